The van der Waals surface area contributed by atoms with Crippen LogP contribution in [-0.4, -0.2) is 20.7 Å². The fraction of sp³-hybridized carbons (Fsp3) is 0.400. The van der Waals surface area contributed by atoms with Crippen LogP contribution in [0, 0.1) is 0 Å². The third-order valence-corrected chi connectivity index (χ3v) is 3.34. The average Bonchev–Trinajstić information content (AvgIpc) is 2.17. The van der Waals surface area contributed by atoms with Gasteiger partial charge in [-0.05, 0) is 12.0 Å². The van der Waals surface area contributed by atoms with Crippen molar-refractivity contribution in [2.24, 2.45) is 0 Å². The number of rotatable bonds is 5. The van der Waals surface area contributed by atoms with E-state index in [9.17, 15) is 8.42 Å². The molecule has 0 bridgehead atoms. The largest absolute Gasteiger partial charge is 0.216 e. The highest BCUT2D eigenvalue weighted by Crippen LogP contribution is 2.00. The summed E-state index contributed by atoms with van der Waals surface area (Å²) in [6.07, 6.45) is 0.566. The fourth-order valence-electron chi connectivity index (χ4n) is 1.19. The third kappa shape index (κ3) is 3.89. The van der Waals surface area contributed by atoms with Crippen LogP contribution in [-0.2, 0) is 16.4 Å². The van der Waals surface area contributed by atoms with Gasteiger partial charge in [-0.2, -0.15) is 0 Å². The van der Waals surface area contributed by atoms with Crippen molar-refractivity contribution < 1.29 is 8.42 Å². The Labute approximate surface area is 85.2 Å². The van der Waals surface area contributed by atoms with E-state index in [4.69, 9.17) is 0 Å². The van der Waals surface area contributed by atoms with Crippen LogP contribution in [0.25, 0.3) is 0 Å². The molecule has 1 aromatic rings. The van der Waals surface area contributed by atoms with Crippen LogP contribution >= 0.6 is 0 Å². The van der Waals surface area contributed by atoms with Crippen molar-refractivity contribution in [3.8, 4) is 0 Å². The maximum absolute atomic E-state index is 11.3. The molecule has 0 radical (unpaired) electrons. The van der Waals surface area contributed by atoms with Crippen LogP contribution in [0.4, 0.5) is 0 Å². The van der Waals surface area contributed by atoms with Gasteiger partial charge in [-0.3, -0.25) is 0 Å². The second-order valence-electron chi connectivity index (χ2n) is 3.05. The number of hydrogen-bond acceptors (Lipinski definition) is 2. The predicted molar refractivity (Wildman–Crippen MR) is 57.6 cm³/mol. The van der Waals surface area contributed by atoms with Gasteiger partial charge in [-0.1, -0.05) is 37.3 Å². The van der Waals surface area contributed by atoms with Crippen LogP contribution in [0.2, 0.25) is 0 Å². The number of hydrogen-bond donors (Lipinski definition) is 1. The molecule has 0 aliphatic carbocycles. The molecule has 0 fully saturated rings. The highest BCUT2D eigenvalue weighted by molar-refractivity contribution is 7.89. The second kappa shape index (κ2) is 5.12. The van der Waals surface area contributed by atoms with Crippen molar-refractivity contribution in [3.63, 3.8) is 0 Å². The van der Waals surface area contributed by atoms with E-state index in [0.29, 0.717) is 13.0 Å². The van der Waals surface area contributed by atoms with Crippen molar-refractivity contribution in [2.45, 2.75) is 13.3 Å². The lowest BCUT2D eigenvalue weighted by molar-refractivity contribution is 0.583. The Morgan fingerprint density at radius 2 is 1.86 bits per heavy atom. The molecule has 0 saturated carbocycles. The van der Waals surface area contributed by atoms with Gasteiger partial charge in [-0.25, -0.2) is 13.1 Å². The molecule has 1 N–H and O–H groups in total. The van der Waals surface area contributed by atoms with Gasteiger partial charge < -0.3 is 0 Å². The minimum atomic E-state index is -3.08. The number of nitrogens with one attached hydrogen (secondary N) is 1. The monoisotopic (exact) mass is 213 g/mol. The third-order valence-electron chi connectivity index (χ3n) is 1.87. The van der Waals surface area contributed by atoms with Crippen molar-refractivity contribution in [1.29, 1.82) is 0 Å². The first-order valence-corrected chi connectivity index (χ1v) is 6.30. The normalized spacial score (nSPS) is 11.5. The molecule has 78 valence electrons. The zero-order chi connectivity index (χ0) is 10.4. The molecule has 0 aromatic heterocycles. The first-order valence-electron chi connectivity index (χ1n) is 4.65. The van der Waals surface area contributed by atoms with Gasteiger partial charge in [0.15, 0.2) is 0 Å². The van der Waals surface area contributed by atoms with Crippen LogP contribution in [0.3, 0.4) is 0 Å². The molecule has 0 amide bonds. The lowest BCUT2D eigenvalue weighted by Crippen LogP contribution is -2.26. The summed E-state index contributed by atoms with van der Waals surface area (Å²) in [4.78, 5) is 0. The Morgan fingerprint density at radius 3 is 2.43 bits per heavy atom. The summed E-state index contributed by atoms with van der Waals surface area (Å²) < 4.78 is 25.0. The quantitative estimate of drug-likeness (QED) is 0.798. The molecule has 0 spiro atoms. The van der Waals surface area contributed by atoms with Gasteiger partial charge in [0.25, 0.3) is 0 Å². The minimum absolute atomic E-state index is 0.158. The molecule has 0 heterocycles. The molecule has 1 aromatic carbocycles. The molecule has 0 saturated heterocycles. The zero-order valence-corrected chi connectivity index (χ0v) is 9.05. The first kappa shape index (κ1) is 11.2. The molecule has 0 aliphatic heterocycles. The van der Waals surface area contributed by atoms with E-state index in [0.717, 1.165) is 5.56 Å². The fourth-order valence-corrected chi connectivity index (χ4v) is 2.28. The van der Waals surface area contributed by atoms with Gasteiger partial charge in [0.05, 0.1) is 5.75 Å². The highest BCUT2D eigenvalue weighted by Gasteiger charge is 2.07. The molecule has 14 heavy (non-hydrogen) atoms. The smallest absolute Gasteiger partial charge is 0.211 e. The van der Waals surface area contributed by atoms with Gasteiger partial charge in [0.1, 0.15) is 0 Å². The predicted octanol–water partition coefficient (Wildman–Crippen LogP) is 1.17. The molecule has 4 heteroatoms. The second-order valence-corrected chi connectivity index (χ2v) is 4.98. The Kier molecular flexibility index (Phi) is 4.10. The number of benzene rings is 1. The summed E-state index contributed by atoms with van der Waals surface area (Å²) in [6, 6.07) is 9.61. The lowest BCUT2D eigenvalue weighted by atomic mass is 10.2. The summed E-state index contributed by atoms with van der Waals surface area (Å²) in [7, 11) is -3.08. The van der Waals surface area contributed by atoms with Gasteiger partial charge in [0.2, 0.25) is 10.0 Å². The lowest BCUT2D eigenvalue weighted by Gasteiger charge is -2.03. The van der Waals surface area contributed by atoms with E-state index >= 15 is 0 Å². The van der Waals surface area contributed by atoms with Crippen molar-refractivity contribution in [2.75, 3.05) is 12.3 Å². The van der Waals surface area contributed by atoms with Crippen LogP contribution in [0.15, 0.2) is 30.3 Å². The van der Waals surface area contributed by atoms with E-state index in [1.54, 1.807) is 6.92 Å². The van der Waals surface area contributed by atoms with E-state index in [1.807, 2.05) is 30.3 Å². The van der Waals surface area contributed by atoms with Crippen LogP contribution < -0.4 is 4.72 Å². The maximum atomic E-state index is 11.3. The molecule has 0 unspecified atom stereocenters. The van der Waals surface area contributed by atoms with Gasteiger partial charge >= 0.3 is 0 Å². The number of sulfonamides is 1. The molecule has 1 rings (SSSR count). The topological polar surface area (TPSA) is 46.2 Å². The zero-order valence-electron chi connectivity index (χ0n) is 8.23. The van der Waals surface area contributed by atoms with Crippen molar-refractivity contribution >= 4 is 10.0 Å². The summed E-state index contributed by atoms with van der Waals surface area (Å²) in [5, 5.41) is 0. The SMILES string of the molecule is CCNS(=O)(=O)CCc1ccccc1. The summed E-state index contributed by atoms with van der Waals surface area (Å²) in [5.74, 6) is 0.158. The molecular weight excluding hydrogens is 198 g/mol. The molecular formula is C10H15NO2S. The first-order chi connectivity index (χ1) is 6.64. The van der Waals surface area contributed by atoms with Gasteiger partial charge in [0, 0.05) is 6.54 Å². The van der Waals surface area contributed by atoms with Crippen molar-refractivity contribution in [3.05, 3.63) is 35.9 Å². The van der Waals surface area contributed by atoms with Crippen molar-refractivity contribution in [1.82, 2.24) is 4.72 Å². The molecule has 3 nitrogen and oxygen atoms in total. The molecule has 0 aliphatic rings. The Bertz CT molecular complexity index is 359. The van der Waals surface area contributed by atoms with Gasteiger partial charge in [-0.15, -0.1) is 0 Å². The van der Waals surface area contributed by atoms with E-state index in [-0.39, 0.29) is 5.75 Å². The average molecular weight is 213 g/mol. The Hall–Kier alpha value is -0.870. The number of aryl methyl sites for hydroxylation is 1. The summed E-state index contributed by atoms with van der Waals surface area (Å²) in [5.41, 5.74) is 1.05. The van der Waals surface area contributed by atoms with E-state index in [1.165, 1.54) is 0 Å². The van der Waals surface area contributed by atoms with Crippen LogP contribution in [0.5, 0.6) is 0 Å². The summed E-state index contributed by atoms with van der Waals surface area (Å²) in [6.45, 7) is 2.23. The minimum Gasteiger partial charge on any atom is -0.216 e. The Morgan fingerprint density at radius 1 is 1.21 bits per heavy atom. The van der Waals surface area contributed by atoms with E-state index in [2.05, 4.69) is 4.72 Å². The highest BCUT2D eigenvalue weighted by atomic mass is 32.2. The van der Waals surface area contributed by atoms with Crippen LogP contribution in [0.1, 0.15) is 12.5 Å². The standard InChI is InChI=1S/C10H15NO2S/c1-2-11-14(12,13)9-8-10-6-4-3-5-7-10/h3-7,11H,2,8-9H2,1H3. The molecule has 0 atom stereocenters. The Balaban J connectivity index is 2.49. The van der Waals surface area contributed by atoms with E-state index < -0.39 is 10.0 Å². The summed E-state index contributed by atoms with van der Waals surface area (Å²) >= 11 is 0. The maximum Gasteiger partial charge on any atom is 0.211 e.